The summed E-state index contributed by atoms with van der Waals surface area (Å²) in [5.41, 5.74) is 1.03. The van der Waals surface area contributed by atoms with Gasteiger partial charge in [0.25, 0.3) is 0 Å². The fourth-order valence-electron chi connectivity index (χ4n) is 1.69. The van der Waals surface area contributed by atoms with Gasteiger partial charge < -0.3 is 4.74 Å². The first-order chi connectivity index (χ1) is 8.99. The van der Waals surface area contributed by atoms with Crippen LogP contribution in [0, 0.1) is 0 Å². The summed E-state index contributed by atoms with van der Waals surface area (Å²) in [5.74, 6) is 0.595. The van der Waals surface area contributed by atoms with Gasteiger partial charge in [0, 0.05) is 0 Å². The highest BCUT2D eigenvalue weighted by molar-refractivity contribution is 8.45. The van der Waals surface area contributed by atoms with Gasteiger partial charge in [-0.2, -0.15) is 0 Å². The van der Waals surface area contributed by atoms with Crippen LogP contribution in [0.1, 0.15) is 0 Å². The lowest BCUT2D eigenvalue weighted by Gasteiger charge is -2.40. The predicted octanol–water partition coefficient (Wildman–Crippen LogP) is 6.02. The van der Waals surface area contributed by atoms with Gasteiger partial charge in [0.1, 0.15) is 10.6 Å². The first-order valence-corrected chi connectivity index (χ1v) is 7.43. The van der Waals surface area contributed by atoms with E-state index in [4.69, 9.17) is 4.74 Å². The Hall–Kier alpha value is -1.76. The van der Waals surface area contributed by atoms with Gasteiger partial charge in [-0.05, 0) is 35.4 Å². The van der Waals surface area contributed by atoms with E-state index < -0.39 is 15.1 Å². The van der Waals surface area contributed by atoms with Crippen molar-refractivity contribution in [1.29, 1.82) is 0 Å². The second kappa shape index (κ2) is 3.88. The largest absolute Gasteiger partial charge is 0.497 e. The van der Waals surface area contributed by atoms with E-state index in [2.05, 4.69) is 0 Å². The molecule has 0 atom stereocenters. The van der Waals surface area contributed by atoms with Crippen molar-refractivity contribution in [3.8, 4) is 16.9 Å². The molecule has 0 bridgehead atoms. The zero-order chi connectivity index (χ0) is 15.1. The van der Waals surface area contributed by atoms with Crippen LogP contribution in [0.5, 0.6) is 5.75 Å². The molecule has 0 aliphatic heterocycles. The zero-order valence-corrected chi connectivity index (χ0v) is 11.1. The molecule has 0 spiro atoms. The van der Waals surface area contributed by atoms with Gasteiger partial charge in [-0.15, -0.1) is 0 Å². The molecule has 0 heterocycles. The van der Waals surface area contributed by atoms with Crippen molar-refractivity contribution in [2.75, 3.05) is 7.11 Å². The Labute approximate surface area is 112 Å². The maximum atomic E-state index is 12.6. The van der Waals surface area contributed by atoms with Gasteiger partial charge in [-0.3, -0.25) is 0 Å². The topological polar surface area (TPSA) is 9.23 Å². The average Bonchev–Trinajstić information content (AvgIpc) is 2.36. The van der Waals surface area contributed by atoms with Crippen LogP contribution in [0.25, 0.3) is 11.1 Å². The molecule has 0 amide bonds. The summed E-state index contributed by atoms with van der Waals surface area (Å²) < 4.78 is 67.8. The molecule has 2 aromatic carbocycles. The van der Waals surface area contributed by atoms with Crippen molar-refractivity contribution in [2.45, 2.75) is 4.90 Å². The molecule has 1 nitrogen and oxygen atoms in total. The summed E-state index contributed by atoms with van der Waals surface area (Å²) in [7, 11) is -8.11. The Morgan fingerprint density at radius 2 is 1.10 bits per heavy atom. The monoisotopic (exact) mass is 310 g/mol. The molecule has 0 aliphatic carbocycles. The van der Waals surface area contributed by atoms with Crippen LogP contribution < -0.4 is 4.74 Å². The first kappa shape index (κ1) is 14.6. The third kappa shape index (κ3) is 3.22. The smallest absolute Gasteiger partial charge is 0.310 e. The summed E-state index contributed by atoms with van der Waals surface area (Å²) in [5, 5.41) is 0. The van der Waals surface area contributed by atoms with E-state index in [-0.39, 0.29) is 0 Å². The lowest BCUT2D eigenvalue weighted by Crippen LogP contribution is -2.05. The number of halogens is 5. The fourth-order valence-corrected chi connectivity index (χ4v) is 2.34. The molecule has 2 rings (SSSR count). The van der Waals surface area contributed by atoms with E-state index >= 15 is 0 Å². The number of ether oxygens (including phenoxy) is 1. The van der Waals surface area contributed by atoms with E-state index in [0.717, 1.165) is 12.1 Å². The van der Waals surface area contributed by atoms with E-state index in [1.54, 1.807) is 24.3 Å². The highest BCUT2D eigenvalue weighted by Crippen LogP contribution is 3.02. The minimum absolute atomic E-state index is 0.404. The molecule has 0 aliphatic rings. The lowest BCUT2D eigenvalue weighted by atomic mass is 10.1. The number of rotatable bonds is 3. The number of hydrogen-bond donors (Lipinski definition) is 0. The third-order valence-electron chi connectivity index (χ3n) is 2.72. The average molecular weight is 310 g/mol. The predicted molar refractivity (Wildman–Crippen MR) is 69.8 cm³/mol. The van der Waals surface area contributed by atoms with Crippen LogP contribution in [-0.2, 0) is 0 Å². The van der Waals surface area contributed by atoms with Crippen LogP contribution >= 0.6 is 10.2 Å². The van der Waals surface area contributed by atoms with Gasteiger partial charge in [0.15, 0.2) is 0 Å². The highest BCUT2D eigenvalue weighted by Gasteiger charge is 2.65. The van der Waals surface area contributed by atoms with Crippen LogP contribution in [0.4, 0.5) is 19.4 Å². The summed E-state index contributed by atoms with van der Waals surface area (Å²) in [4.78, 5) is -1.89. The number of hydrogen-bond acceptors (Lipinski definition) is 1. The van der Waals surface area contributed by atoms with Gasteiger partial charge in [-0.25, -0.2) is 0 Å². The van der Waals surface area contributed by atoms with E-state index in [0.29, 0.717) is 29.0 Å². The van der Waals surface area contributed by atoms with Crippen LogP contribution in [0.15, 0.2) is 53.4 Å². The summed E-state index contributed by atoms with van der Waals surface area (Å²) in [6, 6.07) is 9.38. The molecule has 0 unspecified atom stereocenters. The van der Waals surface area contributed by atoms with Crippen LogP contribution in [0.2, 0.25) is 0 Å². The van der Waals surface area contributed by atoms with E-state index in [1.165, 1.54) is 7.11 Å². The Morgan fingerprint density at radius 3 is 1.45 bits per heavy atom. The molecular formula is C13H11F5OS. The molecule has 20 heavy (non-hydrogen) atoms. The highest BCUT2D eigenvalue weighted by atomic mass is 32.5. The Kier molecular flexibility index (Phi) is 2.84. The maximum absolute atomic E-state index is 12.6. The Bertz CT molecular complexity index is 617. The molecule has 7 heteroatoms. The van der Waals surface area contributed by atoms with Crippen molar-refractivity contribution in [2.24, 2.45) is 0 Å². The van der Waals surface area contributed by atoms with Crippen molar-refractivity contribution in [3.63, 3.8) is 0 Å². The van der Waals surface area contributed by atoms with Crippen molar-refractivity contribution >= 4 is 10.2 Å². The molecule has 0 fully saturated rings. The molecule has 0 saturated carbocycles. The van der Waals surface area contributed by atoms with Gasteiger partial charge in [-0.1, -0.05) is 43.7 Å². The van der Waals surface area contributed by atoms with Crippen LogP contribution in [0.3, 0.4) is 0 Å². The lowest BCUT2D eigenvalue weighted by molar-refractivity contribution is 0.364. The second-order valence-electron chi connectivity index (χ2n) is 4.22. The fraction of sp³-hybridized carbons (Fsp3) is 0.0769. The molecule has 0 aromatic heterocycles. The molecular weight excluding hydrogens is 299 g/mol. The maximum Gasteiger partial charge on any atom is 0.310 e. The van der Waals surface area contributed by atoms with E-state index in [1.807, 2.05) is 0 Å². The molecule has 0 N–H and O–H groups in total. The van der Waals surface area contributed by atoms with Crippen LogP contribution in [-0.4, -0.2) is 7.11 Å². The second-order valence-corrected chi connectivity index (χ2v) is 6.63. The summed E-state index contributed by atoms with van der Waals surface area (Å²) >= 11 is 0. The summed E-state index contributed by atoms with van der Waals surface area (Å²) in [6.45, 7) is 0. The minimum atomic E-state index is -9.60. The van der Waals surface area contributed by atoms with Gasteiger partial charge >= 0.3 is 10.2 Å². The summed E-state index contributed by atoms with van der Waals surface area (Å²) in [6.07, 6.45) is 0. The van der Waals surface area contributed by atoms with Gasteiger partial charge in [0.2, 0.25) is 0 Å². The number of methoxy groups -OCH3 is 1. The first-order valence-electron chi connectivity index (χ1n) is 5.48. The van der Waals surface area contributed by atoms with Crippen molar-refractivity contribution in [3.05, 3.63) is 48.5 Å². The quantitative estimate of drug-likeness (QED) is 0.630. The van der Waals surface area contributed by atoms with Crippen molar-refractivity contribution < 1.29 is 24.2 Å². The SMILES string of the molecule is COc1ccc(-c2ccc(S(F)(F)(F)(F)F)cc2)cc1. The Morgan fingerprint density at radius 1 is 0.700 bits per heavy atom. The number of benzene rings is 2. The third-order valence-corrected chi connectivity index (χ3v) is 3.89. The standard InChI is InChI=1S/C13H11F5OS/c1-19-12-6-2-10(3-7-12)11-4-8-13(9-5-11)20(14,15,16,17)18/h2-9H,1H3. The molecule has 110 valence electrons. The Balaban J connectivity index is 2.38. The molecule has 2 aromatic rings. The molecule has 0 radical (unpaired) electrons. The van der Waals surface area contributed by atoms with Crippen molar-refractivity contribution in [1.82, 2.24) is 0 Å². The minimum Gasteiger partial charge on any atom is -0.497 e. The van der Waals surface area contributed by atoms with Gasteiger partial charge in [0.05, 0.1) is 7.11 Å². The zero-order valence-electron chi connectivity index (χ0n) is 10.3. The normalized spacial score (nSPS) is 15.3. The van der Waals surface area contributed by atoms with E-state index in [9.17, 15) is 19.4 Å². The molecule has 0 saturated heterocycles.